The highest BCUT2D eigenvalue weighted by Crippen LogP contribution is 2.37. The number of carbonyl (C=O) groups is 3. The lowest BCUT2D eigenvalue weighted by atomic mass is 10.1. The van der Waals surface area contributed by atoms with Crippen LogP contribution in [0, 0.1) is 0 Å². The highest BCUT2D eigenvalue weighted by atomic mass is 16.5. The normalized spacial score (nSPS) is 15.8. The average Bonchev–Trinajstić information content (AvgIpc) is 3.51. The average molecular weight is 486 g/mol. The van der Waals surface area contributed by atoms with Crippen LogP contribution in [0.1, 0.15) is 48.5 Å². The molecule has 0 unspecified atom stereocenters. The molecule has 36 heavy (non-hydrogen) atoms. The number of rotatable bonds is 8. The van der Waals surface area contributed by atoms with E-state index in [9.17, 15) is 14.4 Å². The molecule has 1 atom stereocenters. The minimum atomic E-state index is -0.684. The summed E-state index contributed by atoms with van der Waals surface area (Å²) in [6.45, 7) is 1.87. The first kappa shape index (κ1) is 23.9. The summed E-state index contributed by atoms with van der Waals surface area (Å²) in [5.41, 5.74) is 2.21. The van der Waals surface area contributed by atoms with Crippen LogP contribution in [-0.4, -0.2) is 48.4 Å². The van der Waals surface area contributed by atoms with Gasteiger partial charge in [0.2, 0.25) is 11.8 Å². The molecule has 5 rings (SSSR count). The molecule has 0 spiro atoms. The van der Waals surface area contributed by atoms with E-state index in [4.69, 9.17) is 4.74 Å². The van der Waals surface area contributed by atoms with Crippen LogP contribution in [0.3, 0.4) is 0 Å². The van der Waals surface area contributed by atoms with Gasteiger partial charge in [-0.3, -0.25) is 19.3 Å². The molecule has 1 aliphatic heterocycles. The number of amides is 3. The number of methoxy groups -OCH3 is 1. The van der Waals surface area contributed by atoms with Crippen LogP contribution in [0.15, 0.2) is 60.7 Å². The molecule has 1 fully saturated rings. The van der Waals surface area contributed by atoms with Gasteiger partial charge in [-0.05, 0) is 55.0 Å². The standard InChI is InChI=1S/C29H31N3O4/c1-19(28(34)30-22-9-3-4-10-22)31(17-20-13-15-23(36-2)16-14-20)26(33)18-32-25-12-6-8-21-7-5-11-24(27(21)25)29(32)35/h5-8,11-16,19,22H,3-4,9-10,17-18H2,1-2H3,(H,30,34)/t19-/m0/s1. The Hall–Kier alpha value is -3.87. The Labute approximate surface area is 211 Å². The monoisotopic (exact) mass is 485 g/mol. The molecule has 0 radical (unpaired) electrons. The maximum atomic E-state index is 13.8. The Balaban J connectivity index is 1.40. The highest BCUT2D eigenvalue weighted by Gasteiger charge is 2.34. The predicted octanol–water partition coefficient (Wildman–Crippen LogP) is 4.28. The minimum absolute atomic E-state index is 0.135. The number of nitrogens with one attached hydrogen (secondary N) is 1. The Bertz CT molecular complexity index is 1290. The molecule has 0 aromatic heterocycles. The largest absolute Gasteiger partial charge is 0.497 e. The Morgan fingerprint density at radius 2 is 1.75 bits per heavy atom. The van der Waals surface area contributed by atoms with Crippen LogP contribution < -0.4 is 15.0 Å². The van der Waals surface area contributed by atoms with E-state index in [-0.39, 0.29) is 36.9 Å². The molecule has 7 heteroatoms. The fourth-order valence-corrected chi connectivity index (χ4v) is 5.26. The summed E-state index contributed by atoms with van der Waals surface area (Å²) < 4.78 is 5.25. The number of benzene rings is 3. The smallest absolute Gasteiger partial charge is 0.259 e. The van der Waals surface area contributed by atoms with Crippen molar-refractivity contribution in [1.29, 1.82) is 0 Å². The van der Waals surface area contributed by atoms with Gasteiger partial charge >= 0.3 is 0 Å². The molecule has 0 saturated heterocycles. The van der Waals surface area contributed by atoms with Gasteiger partial charge in [0.05, 0.1) is 12.8 Å². The number of anilines is 1. The topological polar surface area (TPSA) is 79.0 Å². The lowest BCUT2D eigenvalue weighted by molar-refractivity contribution is -0.139. The zero-order valence-electron chi connectivity index (χ0n) is 20.7. The van der Waals surface area contributed by atoms with Crippen molar-refractivity contribution in [3.63, 3.8) is 0 Å². The van der Waals surface area contributed by atoms with E-state index in [0.29, 0.717) is 5.56 Å². The van der Waals surface area contributed by atoms with Crippen molar-refractivity contribution in [1.82, 2.24) is 10.2 Å². The highest BCUT2D eigenvalue weighted by molar-refractivity contribution is 6.26. The summed E-state index contributed by atoms with van der Waals surface area (Å²) in [6.07, 6.45) is 4.15. The van der Waals surface area contributed by atoms with Crippen LogP contribution in [-0.2, 0) is 16.1 Å². The fourth-order valence-electron chi connectivity index (χ4n) is 5.26. The molecule has 7 nitrogen and oxygen atoms in total. The molecule has 3 amide bonds. The number of hydrogen-bond acceptors (Lipinski definition) is 4. The molecule has 1 saturated carbocycles. The third-order valence-electron chi connectivity index (χ3n) is 7.32. The van der Waals surface area contributed by atoms with Gasteiger partial charge in [-0.2, -0.15) is 0 Å². The Morgan fingerprint density at radius 3 is 2.44 bits per heavy atom. The van der Waals surface area contributed by atoms with Crippen molar-refractivity contribution in [2.24, 2.45) is 0 Å². The van der Waals surface area contributed by atoms with Crippen molar-refractivity contribution < 1.29 is 19.1 Å². The molecule has 3 aromatic carbocycles. The number of nitrogens with zero attached hydrogens (tertiary/aromatic N) is 2. The number of ether oxygens (including phenoxy) is 1. The van der Waals surface area contributed by atoms with E-state index in [2.05, 4.69) is 5.32 Å². The van der Waals surface area contributed by atoms with E-state index >= 15 is 0 Å². The summed E-state index contributed by atoms with van der Waals surface area (Å²) in [5, 5.41) is 4.95. The van der Waals surface area contributed by atoms with Gasteiger partial charge < -0.3 is 15.0 Å². The summed E-state index contributed by atoms with van der Waals surface area (Å²) in [5.74, 6) is 0.0831. The quantitative estimate of drug-likeness (QED) is 0.517. The van der Waals surface area contributed by atoms with Crippen LogP contribution in [0.5, 0.6) is 5.75 Å². The fraction of sp³-hybridized carbons (Fsp3) is 0.345. The Kier molecular flexibility index (Phi) is 6.63. The first-order valence-electron chi connectivity index (χ1n) is 12.5. The molecule has 0 bridgehead atoms. The molecule has 1 heterocycles. The maximum absolute atomic E-state index is 13.8. The molecule has 3 aromatic rings. The van der Waals surface area contributed by atoms with Crippen molar-refractivity contribution in [3.05, 3.63) is 71.8 Å². The second kappa shape index (κ2) is 10.0. The van der Waals surface area contributed by atoms with E-state index in [1.165, 1.54) is 4.90 Å². The molecule has 2 aliphatic rings. The lowest BCUT2D eigenvalue weighted by Gasteiger charge is -2.31. The van der Waals surface area contributed by atoms with Crippen molar-refractivity contribution in [2.75, 3.05) is 18.6 Å². The van der Waals surface area contributed by atoms with Gasteiger partial charge in [0, 0.05) is 23.5 Å². The minimum Gasteiger partial charge on any atom is -0.497 e. The van der Waals surface area contributed by atoms with Gasteiger partial charge in [0.15, 0.2) is 0 Å². The van der Waals surface area contributed by atoms with Gasteiger partial charge in [0.1, 0.15) is 18.3 Å². The van der Waals surface area contributed by atoms with Crippen molar-refractivity contribution in [2.45, 2.75) is 51.2 Å². The number of hydrogen-bond donors (Lipinski definition) is 1. The summed E-state index contributed by atoms with van der Waals surface area (Å²) >= 11 is 0. The zero-order valence-corrected chi connectivity index (χ0v) is 20.7. The van der Waals surface area contributed by atoms with Crippen LogP contribution in [0.4, 0.5) is 5.69 Å². The first-order valence-corrected chi connectivity index (χ1v) is 12.5. The lowest BCUT2D eigenvalue weighted by Crippen LogP contribution is -2.52. The van der Waals surface area contributed by atoms with E-state index < -0.39 is 6.04 Å². The molecule has 1 N–H and O–H groups in total. The summed E-state index contributed by atoms with van der Waals surface area (Å²) in [4.78, 5) is 43.3. The summed E-state index contributed by atoms with van der Waals surface area (Å²) in [6, 6.07) is 18.3. The molecule has 186 valence electrons. The van der Waals surface area contributed by atoms with Crippen LogP contribution in [0.2, 0.25) is 0 Å². The Morgan fingerprint density at radius 1 is 1.06 bits per heavy atom. The third-order valence-corrected chi connectivity index (χ3v) is 7.32. The van der Waals surface area contributed by atoms with Crippen LogP contribution >= 0.6 is 0 Å². The van der Waals surface area contributed by atoms with Gasteiger partial charge in [0.25, 0.3) is 5.91 Å². The van der Waals surface area contributed by atoms with Gasteiger partial charge in [-0.15, -0.1) is 0 Å². The second-order valence-electron chi connectivity index (χ2n) is 9.61. The second-order valence-corrected chi connectivity index (χ2v) is 9.61. The third kappa shape index (κ3) is 4.53. The van der Waals surface area contributed by atoms with E-state index in [1.807, 2.05) is 54.6 Å². The predicted molar refractivity (Wildman–Crippen MR) is 139 cm³/mol. The SMILES string of the molecule is COc1ccc(CN(C(=O)CN2C(=O)c3cccc4cccc2c34)[C@@H](C)C(=O)NC2CCCC2)cc1. The van der Waals surface area contributed by atoms with Gasteiger partial charge in [-0.25, -0.2) is 0 Å². The van der Waals surface area contributed by atoms with Crippen LogP contribution in [0.25, 0.3) is 10.8 Å². The summed E-state index contributed by atoms with van der Waals surface area (Å²) in [7, 11) is 1.60. The van der Waals surface area contributed by atoms with Crippen molar-refractivity contribution in [3.8, 4) is 5.75 Å². The molecule has 1 aliphatic carbocycles. The van der Waals surface area contributed by atoms with E-state index in [1.54, 1.807) is 25.0 Å². The molecular weight excluding hydrogens is 454 g/mol. The molecular formula is C29H31N3O4. The zero-order chi connectivity index (χ0) is 25.2. The van der Waals surface area contributed by atoms with E-state index in [0.717, 1.165) is 53.5 Å². The maximum Gasteiger partial charge on any atom is 0.259 e. The van der Waals surface area contributed by atoms with Crippen molar-refractivity contribution >= 4 is 34.2 Å². The van der Waals surface area contributed by atoms with Gasteiger partial charge in [-0.1, -0.05) is 49.2 Å². The first-order chi connectivity index (χ1) is 17.5. The number of carbonyl (C=O) groups excluding carboxylic acids is 3.